The fourth-order valence-electron chi connectivity index (χ4n) is 3.32. The molecule has 0 saturated carbocycles. The summed E-state index contributed by atoms with van der Waals surface area (Å²) in [6.45, 7) is 5.14. The first kappa shape index (κ1) is 15.8. The van der Waals surface area contributed by atoms with Crippen molar-refractivity contribution in [2.24, 2.45) is 0 Å². The van der Waals surface area contributed by atoms with E-state index in [9.17, 15) is 0 Å². The molecule has 2 aliphatic rings. The maximum absolute atomic E-state index is 6.23. The molecule has 1 aliphatic heterocycles. The fourth-order valence-corrected chi connectivity index (χ4v) is 4.58. The second kappa shape index (κ2) is 6.22. The summed E-state index contributed by atoms with van der Waals surface area (Å²) in [6, 6.07) is 2.31. The summed E-state index contributed by atoms with van der Waals surface area (Å²) in [5.74, 6) is 0.361. The normalized spacial score (nSPS) is 28.5. The Morgan fingerprint density at radius 2 is 2.14 bits per heavy atom. The quantitative estimate of drug-likeness (QED) is 0.665. The van der Waals surface area contributed by atoms with Crippen LogP contribution in [0.1, 0.15) is 55.4 Å². The molecule has 0 aromatic carbocycles. The Labute approximate surface area is 136 Å². The van der Waals surface area contributed by atoms with Crippen molar-refractivity contribution in [1.82, 2.24) is 4.98 Å². The molecule has 0 radical (unpaired) electrons. The molecule has 1 aliphatic carbocycles. The largest absolute Gasteiger partial charge is 0.465 e. The lowest BCUT2D eigenvalue weighted by atomic mass is 9.62. The van der Waals surface area contributed by atoms with E-state index >= 15 is 0 Å². The first-order valence-corrected chi connectivity index (χ1v) is 10.1. The van der Waals surface area contributed by atoms with E-state index in [0.29, 0.717) is 11.1 Å². The van der Waals surface area contributed by atoms with Crippen molar-refractivity contribution in [3.63, 3.8) is 0 Å². The Hall–Kier alpha value is -0.0351. The maximum Gasteiger partial charge on any atom is 0.465 e. The smallest absolute Gasteiger partial charge is 0.411 e. The molecule has 21 heavy (non-hydrogen) atoms. The van der Waals surface area contributed by atoms with Crippen LogP contribution in [0.3, 0.4) is 0 Å². The van der Waals surface area contributed by atoms with Crippen molar-refractivity contribution in [2.75, 3.05) is 19.1 Å². The predicted molar refractivity (Wildman–Crippen MR) is 92.3 cm³/mol. The molecule has 2 heterocycles. The van der Waals surface area contributed by atoms with Gasteiger partial charge < -0.3 is 14.3 Å². The van der Waals surface area contributed by atoms with E-state index in [0.717, 1.165) is 19.4 Å². The zero-order chi connectivity index (χ0) is 15.0. The number of rotatable bonds is 3. The van der Waals surface area contributed by atoms with Crippen LogP contribution in [0.15, 0.2) is 11.1 Å². The van der Waals surface area contributed by atoms with Crippen molar-refractivity contribution in [1.29, 1.82) is 0 Å². The highest BCUT2D eigenvalue weighted by molar-refractivity contribution is 7.99. The van der Waals surface area contributed by atoms with Gasteiger partial charge in [-0.2, -0.15) is 11.8 Å². The van der Waals surface area contributed by atoms with Crippen molar-refractivity contribution >= 4 is 30.6 Å². The summed E-state index contributed by atoms with van der Waals surface area (Å²) in [5.41, 5.74) is 2.73. The molecule has 0 amide bonds. The monoisotopic (exact) mass is 325 g/mol. The highest BCUT2D eigenvalue weighted by atomic mass is 32.2. The number of nitrogens with one attached hydrogen (secondary N) is 1. The third kappa shape index (κ3) is 3.19. The third-order valence-corrected chi connectivity index (χ3v) is 6.27. The number of hydrogen-bond donors (Lipinski definition) is 1. The Kier molecular flexibility index (Phi) is 4.70. The van der Waals surface area contributed by atoms with Crippen LogP contribution in [-0.2, 0) is 9.31 Å². The highest BCUT2D eigenvalue weighted by Crippen LogP contribution is 2.46. The first-order chi connectivity index (χ1) is 10.0. The van der Waals surface area contributed by atoms with Crippen molar-refractivity contribution in [2.45, 2.75) is 54.8 Å². The van der Waals surface area contributed by atoms with Gasteiger partial charge in [0.1, 0.15) is 0 Å². The van der Waals surface area contributed by atoms with Crippen LogP contribution in [0.5, 0.6) is 0 Å². The van der Waals surface area contributed by atoms with Crippen LogP contribution < -0.4 is 0 Å². The SMILES string of the molecule is CSc1cc2c([nH]1)C(SC)CCC2B1OCCC(C)(C)O1. The molecule has 116 valence electrons. The molecule has 0 bridgehead atoms. The van der Waals surface area contributed by atoms with E-state index in [1.165, 1.54) is 22.7 Å². The van der Waals surface area contributed by atoms with Gasteiger partial charge in [0, 0.05) is 23.4 Å². The Balaban J connectivity index is 1.88. The first-order valence-electron chi connectivity index (χ1n) is 7.63. The summed E-state index contributed by atoms with van der Waals surface area (Å²) < 4.78 is 12.2. The number of hydrogen-bond acceptors (Lipinski definition) is 4. The summed E-state index contributed by atoms with van der Waals surface area (Å²) in [7, 11) is -0.0965. The molecule has 0 spiro atoms. The molecule has 3 rings (SSSR count). The number of thioether (sulfide) groups is 2. The van der Waals surface area contributed by atoms with Crippen LogP contribution in [0, 0.1) is 0 Å². The molecule has 2 unspecified atom stereocenters. The maximum atomic E-state index is 6.23. The molecule has 3 nitrogen and oxygen atoms in total. The second-order valence-electron chi connectivity index (χ2n) is 6.48. The van der Waals surface area contributed by atoms with Gasteiger partial charge in [-0.15, -0.1) is 11.8 Å². The number of aromatic nitrogens is 1. The van der Waals surface area contributed by atoms with Crippen LogP contribution in [0.25, 0.3) is 0 Å². The van der Waals surface area contributed by atoms with Crippen molar-refractivity contribution < 1.29 is 9.31 Å². The van der Waals surface area contributed by atoms with E-state index in [1.807, 2.05) is 11.8 Å². The fraction of sp³-hybridized carbons (Fsp3) is 0.733. The van der Waals surface area contributed by atoms with E-state index in [1.54, 1.807) is 11.8 Å². The summed E-state index contributed by atoms with van der Waals surface area (Å²) in [6.07, 6.45) is 7.63. The zero-order valence-corrected chi connectivity index (χ0v) is 14.9. The lowest BCUT2D eigenvalue weighted by Gasteiger charge is -2.39. The van der Waals surface area contributed by atoms with E-state index in [4.69, 9.17) is 9.31 Å². The lowest BCUT2D eigenvalue weighted by Crippen LogP contribution is -2.46. The molecular weight excluding hydrogens is 301 g/mol. The molecule has 1 N–H and O–H groups in total. The molecule has 2 atom stereocenters. The minimum atomic E-state index is -0.0965. The van der Waals surface area contributed by atoms with Crippen molar-refractivity contribution in [3.05, 3.63) is 17.3 Å². The molecule has 1 fully saturated rings. The van der Waals surface area contributed by atoms with Crippen LogP contribution in [0.4, 0.5) is 0 Å². The molecule has 1 saturated heterocycles. The van der Waals surface area contributed by atoms with E-state index in [-0.39, 0.29) is 12.7 Å². The van der Waals surface area contributed by atoms with Gasteiger partial charge in [-0.05, 0) is 57.3 Å². The van der Waals surface area contributed by atoms with Crippen LogP contribution in [0.2, 0.25) is 0 Å². The van der Waals surface area contributed by atoms with E-state index in [2.05, 4.69) is 37.4 Å². The standard InChI is InChI=1S/C15H24BNO2S2/c1-15(2)7-8-18-16(19-15)11-5-6-12(20-3)14-10(11)9-13(17-14)21-4/h9,11-12,17H,5-8H2,1-4H3. The predicted octanol–water partition coefficient (Wildman–Crippen LogP) is 4.26. The van der Waals surface area contributed by atoms with Gasteiger partial charge >= 0.3 is 7.12 Å². The molecule has 6 heteroatoms. The summed E-state index contributed by atoms with van der Waals surface area (Å²) >= 11 is 3.72. The van der Waals surface area contributed by atoms with Gasteiger partial charge in [-0.25, -0.2) is 0 Å². The van der Waals surface area contributed by atoms with Crippen LogP contribution >= 0.6 is 23.5 Å². The number of fused-ring (bicyclic) bond motifs is 1. The van der Waals surface area contributed by atoms with Gasteiger partial charge in [0.2, 0.25) is 0 Å². The van der Waals surface area contributed by atoms with Crippen molar-refractivity contribution in [3.8, 4) is 0 Å². The van der Waals surface area contributed by atoms with Gasteiger partial charge in [-0.1, -0.05) is 0 Å². The zero-order valence-electron chi connectivity index (χ0n) is 13.3. The Morgan fingerprint density at radius 1 is 1.33 bits per heavy atom. The molecule has 1 aromatic heterocycles. The van der Waals surface area contributed by atoms with Crippen LogP contribution in [-0.4, -0.2) is 36.8 Å². The van der Waals surface area contributed by atoms with E-state index < -0.39 is 0 Å². The summed E-state index contributed by atoms with van der Waals surface area (Å²) in [5, 5.41) is 1.83. The van der Waals surface area contributed by atoms with Gasteiger partial charge in [-0.3, -0.25) is 0 Å². The van der Waals surface area contributed by atoms with Gasteiger partial charge in [0.05, 0.1) is 10.6 Å². The average Bonchev–Trinajstić information content (AvgIpc) is 2.89. The number of aromatic amines is 1. The molecule has 1 aromatic rings. The van der Waals surface area contributed by atoms with Gasteiger partial charge in [0.15, 0.2) is 0 Å². The summed E-state index contributed by atoms with van der Waals surface area (Å²) in [4.78, 5) is 3.61. The minimum Gasteiger partial charge on any atom is -0.411 e. The Morgan fingerprint density at radius 3 is 2.81 bits per heavy atom. The topological polar surface area (TPSA) is 34.2 Å². The molecular formula is C15H24BNO2S2. The second-order valence-corrected chi connectivity index (χ2v) is 8.37. The highest BCUT2D eigenvalue weighted by Gasteiger charge is 2.43. The minimum absolute atomic E-state index is 0.0714. The Bertz CT molecular complexity index is 506. The van der Waals surface area contributed by atoms with Gasteiger partial charge in [0.25, 0.3) is 0 Å². The third-order valence-electron chi connectivity index (χ3n) is 4.57. The lowest BCUT2D eigenvalue weighted by molar-refractivity contribution is 0.0000487. The number of H-pyrrole nitrogens is 1. The average molecular weight is 325 g/mol.